The minimum atomic E-state index is -0.316. The van der Waals surface area contributed by atoms with Gasteiger partial charge in [0.1, 0.15) is 5.82 Å². The van der Waals surface area contributed by atoms with E-state index in [2.05, 4.69) is 43.2 Å². The summed E-state index contributed by atoms with van der Waals surface area (Å²) in [6, 6.07) is 5.43. The molecule has 0 saturated carbocycles. The van der Waals surface area contributed by atoms with Gasteiger partial charge < -0.3 is 11.1 Å². The van der Waals surface area contributed by atoms with Gasteiger partial charge in [-0.2, -0.15) is 0 Å². The standard InChI is InChI=1S/C17H16IN5O/c1-9-3-4-21-7-12(9)10-5-14(19)13-8-22-15(23-17(24)20-2)6-11(13)16(10)18/h3-8H,19H2,1-2H3,(H2,20,22,23,24). The average Bonchev–Trinajstić information content (AvgIpc) is 2.58. The van der Waals surface area contributed by atoms with E-state index in [1.165, 1.54) is 0 Å². The van der Waals surface area contributed by atoms with Gasteiger partial charge in [-0.1, -0.05) is 0 Å². The van der Waals surface area contributed by atoms with Crippen LogP contribution in [0, 0.1) is 10.5 Å². The number of carbonyl (C=O) groups excluding carboxylic acids is 1. The second kappa shape index (κ2) is 6.60. The van der Waals surface area contributed by atoms with Crippen LogP contribution in [0.25, 0.3) is 21.9 Å². The summed E-state index contributed by atoms with van der Waals surface area (Å²) >= 11 is 2.30. The van der Waals surface area contributed by atoms with Crippen molar-refractivity contribution in [2.24, 2.45) is 0 Å². The molecule has 3 rings (SSSR count). The lowest BCUT2D eigenvalue weighted by Crippen LogP contribution is -2.24. The number of benzene rings is 1. The summed E-state index contributed by atoms with van der Waals surface area (Å²) in [5.41, 5.74) is 10.0. The lowest BCUT2D eigenvalue weighted by atomic mass is 9.99. The molecule has 7 heteroatoms. The van der Waals surface area contributed by atoms with E-state index in [9.17, 15) is 4.79 Å². The number of urea groups is 1. The highest BCUT2D eigenvalue weighted by Crippen LogP contribution is 2.36. The van der Waals surface area contributed by atoms with Crippen molar-refractivity contribution in [3.05, 3.63) is 45.9 Å². The number of amides is 2. The van der Waals surface area contributed by atoms with Crippen molar-refractivity contribution < 1.29 is 4.79 Å². The molecular formula is C17H16IN5O. The Morgan fingerprint density at radius 1 is 1.21 bits per heavy atom. The zero-order valence-corrected chi connectivity index (χ0v) is 15.4. The number of pyridine rings is 2. The van der Waals surface area contributed by atoms with Gasteiger partial charge in [0, 0.05) is 51.2 Å². The van der Waals surface area contributed by atoms with Crippen molar-refractivity contribution in [3.8, 4) is 11.1 Å². The Balaban J connectivity index is 2.21. The molecule has 0 bridgehead atoms. The molecule has 2 amide bonds. The van der Waals surface area contributed by atoms with Crippen LogP contribution in [0.5, 0.6) is 0 Å². The summed E-state index contributed by atoms with van der Waals surface area (Å²) in [5.74, 6) is 0.472. The smallest absolute Gasteiger partial charge is 0.320 e. The van der Waals surface area contributed by atoms with Gasteiger partial charge in [-0.25, -0.2) is 9.78 Å². The van der Waals surface area contributed by atoms with Crippen molar-refractivity contribution in [2.75, 3.05) is 18.1 Å². The Morgan fingerprint density at radius 2 is 2.00 bits per heavy atom. The molecule has 0 aliphatic rings. The van der Waals surface area contributed by atoms with Gasteiger partial charge in [-0.3, -0.25) is 10.3 Å². The first-order valence-corrected chi connectivity index (χ1v) is 8.36. The van der Waals surface area contributed by atoms with E-state index in [0.717, 1.165) is 31.0 Å². The van der Waals surface area contributed by atoms with Crippen LogP contribution in [0.3, 0.4) is 0 Å². The van der Waals surface area contributed by atoms with Crippen LogP contribution in [-0.2, 0) is 0 Å². The topological polar surface area (TPSA) is 92.9 Å². The zero-order chi connectivity index (χ0) is 17.3. The van der Waals surface area contributed by atoms with E-state index in [1.807, 2.05) is 31.3 Å². The first-order chi connectivity index (χ1) is 11.5. The lowest BCUT2D eigenvalue weighted by molar-refractivity contribution is 0.254. The molecule has 1 aromatic carbocycles. The number of rotatable bonds is 2. The molecule has 4 N–H and O–H groups in total. The zero-order valence-electron chi connectivity index (χ0n) is 13.2. The number of hydrogen-bond acceptors (Lipinski definition) is 4. The predicted octanol–water partition coefficient (Wildman–Crippen LogP) is 3.54. The molecular weight excluding hydrogens is 417 g/mol. The third-order valence-electron chi connectivity index (χ3n) is 3.79. The number of nitrogens with two attached hydrogens (primary N) is 1. The molecule has 122 valence electrons. The maximum absolute atomic E-state index is 11.5. The minimum absolute atomic E-state index is 0.316. The second-order valence-corrected chi connectivity index (χ2v) is 6.42. The van der Waals surface area contributed by atoms with Crippen molar-refractivity contribution in [1.29, 1.82) is 0 Å². The van der Waals surface area contributed by atoms with E-state index in [-0.39, 0.29) is 6.03 Å². The van der Waals surface area contributed by atoms with Crippen LogP contribution < -0.4 is 16.4 Å². The largest absolute Gasteiger partial charge is 0.398 e. The molecule has 2 aromatic heterocycles. The van der Waals surface area contributed by atoms with E-state index in [4.69, 9.17) is 5.73 Å². The molecule has 0 unspecified atom stereocenters. The molecule has 0 saturated heterocycles. The Labute approximate surface area is 153 Å². The van der Waals surface area contributed by atoms with Gasteiger partial charge in [0.15, 0.2) is 0 Å². The highest BCUT2D eigenvalue weighted by molar-refractivity contribution is 14.1. The normalized spacial score (nSPS) is 10.6. The fourth-order valence-corrected chi connectivity index (χ4v) is 3.39. The van der Waals surface area contributed by atoms with Crippen molar-refractivity contribution in [2.45, 2.75) is 6.92 Å². The Morgan fingerprint density at radius 3 is 2.71 bits per heavy atom. The van der Waals surface area contributed by atoms with Crippen molar-refractivity contribution in [1.82, 2.24) is 15.3 Å². The van der Waals surface area contributed by atoms with Gasteiger partial charge in [0.2, 0.25) is 0 Å². The monoisotopic (exact) mass is 433 g/mol. The molecule has 0 aliphatic heterocycles. The Kier molecular flexibility index (Phi) is 4.52. The van der Waals surface area contributed by atoms with Crippen molar-refractivity contribution >= 4 is 50.9 Å². The number of carbonyl (C=O) groups is 1. The SMILES string of the molecule is CNC(=O)Nc1cc2c(I)c(-c3cnccc3C)cc(N)c2cn1. The molecule has 0 spiro atoms. The Hall–Kier alpha value is -2.42. The number of aromatic nitrogens is 2. The molecule has 0 atom stereocenters. The molecule has 0 radical (unpaired) electrons. The lowest BCUT2D eigenvalue weighted by Gasteiger charge is -2.13. The first-order valence-electron chi connectivity index (χ1n) is 7.28. The number of aryl methyl sites for hydroxylation is 1. The van der Waals surface area contributed by atoms with Crippen LogP contribution in [0.4, 0.5) is 16.3 Å². The number of anilines is 2. The summed E-state index contributed by atoms with van der Waals surface area (Å²) in [4.78, 5) is 20.0. The molecule has 6 nitrogen and oxygen atoms in total. The quantitative estimate of drug-likeness (QED) is 0.426. The van der Waals surface area contributed by atoms with Crippen LogP contribution >= 0.6 is 22.6 Å². The first kappa shape index (κ1) is 16.4. The Bertz CT molecular complexity index is 942. The highest BCUT2D eigenvalue weighted by Gasteiger charge is 2.14. The highest BCUT2D eigenvalue weighted by atomic mass is 127. The van der Waals surface area contributed by atoms with Gasteiger partial charge in [0.05, 0.1) is 0 Å². The molecule has 0 fully saturated rings. The third-order valence-corrected chi connectivity index (χ3v) is 4.95. The number of nitrogen functional groups attached to an aromatic ring is 1. The number of nitrogens with zero attached hydrogens (tertiary/aromatic N) is 2. The molecule has 0 aliphatic carbocycles. The average molecular weight is 433 g/mol. The number of halogens is 1. The third kappa shape index (κ3) is 2.99. The van der Waals surface area contributed by atoms with E-state index < -0.39 is 0 Å². The minimum Gasteiger partial charge on any atom is -0.398 e. The van der Waals surface area contributed by atoms with Crippen LogP contribution in [0.15, 0.2) is 36.8 Å². The van der Waals surface area contributed by atoms with Crippen LogP contribution in [0.2, 0.25) is 0 Å². The summed E-state index contributed by atoms with van der Waals surface area (Å²) in [6.07, 6.45) is 5.28. The summed E-state index contributed by atoms with van der Waals surface area (Å²) < 4.78 is 1.04. The van der Waals surface area contributed by atoms with Gasteiger partial charge >= 0.3 is 6.03 Å². The van der Waals surface area contributed by atoms with Gasteiger partial charge in [-0.15, -0.1) is 0 Å². The number of hydrogen-bond donors (Lipinski definition) is 3. The second-order valence-electron chi connectivity index (χ2n) is 5.34. The number of fused-ring (bicyclic) bond motifs is 1. The van der Waals surface area contributed by atoms with Gasteiger partial charge in [-0.05, 0) is 58.8 Å². The molecule has 24 heavy (non-hydrogen) atoms. The van der Waals surface area contributed by atoms with E-state index in [1.54, 1.807) is 19.4 Å². The number of nitrogens with one attached hydrogen (secondary N) is 2. The van der Waals surface area contributed by atoms with E-state index >= 15 is 0 Å². The maximum Gasteiger partial charge on any atom is 0.320 e. The van der Waals surface area contributed by atoms with Crippen LogP contribution in [-0.4, -0.2) is 23.0 Å². The fourth-order valence-electron chi connectivity index (χ4n) is 2.50. The van der Waals surface area contributed by atoms with E-state index in [0.29, 0.717) is 11.5 Å². The van der Waals surface area contributed by atoms with Crippen LogP contribution in [0.1, 0.15) is 5.56 Å². The fraction of sp³-hybridized carbons (Fsp3) is 0.118. The predicted molar refractivity (Wildman–Crippen MR) is 105 cm³/mol. The molecule has 2 heterocycles. The summed E-state index contributed by atoms with van der Waals surface area (Å²) in [6.45, 7) is 2.04. The molecule has 3 aromatic rings. The van der Waals surface area contributed by atoms with Gasteiger partial charge in [0.25, 0.3) is 0 Å². The van der Waals surface area contributed by atoms with Crippen molar-refractivity contribution in [3.63, 3.8) is 0 Å². The summed E-state index contributed by atoms with van der Waals surface area (Å²) in [7, 11) is 1.56. The maximum atomic E-state index is 11.5. The summed E-state index contributed by atoms with van der Waals surface area (Å²) in [5, 5.41) is 6.98.